The highest BCUT2D eigenvalue weighted by atomic mass is 16.5. The molecule has 0 spiro atoms. The van der Waals surface area contributed by atoms with Crippen LogP contribution in [0.4, 0.5) is 0 Å². The van der Waals surface area contributed by atoms with Crippen molar-refractivity contribution in [3.05, 3.63) is 65.7 Å². The fourth-order valence-corrected chi connectivity index (χ4v) is 4.42. The first kappa shape index (κ1) is 20.4. The van der Waals surface area contributed by atoms with E-state index in [9.17, 15) is 4.79 Å². The first-order valence-electron chi connectivity index (χ1n) is 11.2. The Morgan fingerprint density at radius 2 is 1.81 bits per heavy atom. The van der Waals surface area contributed by atoms with Crippen molar-refractivity contribution in [3.63, 3.8) is 0 Å². The molecule has 5 rings (SSSR count). The molecule has 7 heteroatoms. The largest absolute Gasteiger partial charge is 0.343 e. The van der Waals surface area contributed by atoms with Gasteiger partial charge in [0.1, 0.15) is 0 Å². The first-order chi connectivity index (χ1) is 15.6. The van der Waals surface area contributed by atoms with Crippen LogP contribution in [0.3, 0.4) is 0 Å². The van der Waals surface area contributed by atoms with E-state index >= 15 is 0 Å². The molecule has 0 radical (unpaired) electrons. The second-order valence-corrected chi connectivity index (χ2v) is 8.55. The van der Waals surface area contributed by atoms with E-state index in [1.807, 2.05) is 52.9 Å². The minimum absolute atomic E-state index is 0.173. The van der Waals surface area contributed by atoms with Crippen LogP contribution in [0.15, 0.2) is 53.1 Å². The van der Waals surface area contributed by atoms with Gasteiger partial charge in [0, 0.05) is 36.4 Å². The van der Waals surface area contributed by atoms with Gasteiger partial charge in [-0.05, 0) is 32.8 Å². The first-order valence-corrected chi connectivity index (χ1v) is 11.2. The monoisotopic (exact) mass is 429 g/mol. The second kappa shape index (κ2) is 8.57. The van der Waals surface area contributed by atoms with Crippen molar-refractivity contribution in [2.75, 3.05) is 13.1 Å². The maximum Gasteiger partial charge on any atom is 0.230 e. The third kappa shape index (κ3) is 4.02. The van der Waals surface area contributed by atoms with Gasteiger partial charge in [-0.15, -0.1) is 0 Å². The molecule has 0 bridgehead atoms. The zero-order chi connectivity index (χ0) is 22.1. The fourth-order valence-electron chi connectivity index (χ4n) is 4.42. The fraction of sp³-hybridized carbons (Fsp3) is 0.360. The number of fused-ring (bicyclic) bond motifs is 1. The summed E-state index contributed by atoms with van der Waals surface area (Å²) < 4.78 is 7.50. The minimum Gasteiger partial charge on any atom is -0.343 e. The number of amides is 1. The Balaban J connectivity index is 1.17. The molecule has 1 fully saturated rings. The quantitative estimate of drug-likeness (QED) is 0.467. The van der Waals surface area contributed by atoms with Crippen LogP contribution in [0.5, 0.6) is 0 Å². The van der Waals surface area contributed by atoms with Crippen molar-refractivity contribution in [1.29, 1.82) is 0 Å². The summed E-state index contributed by atoms with van der Waals surface area (Å²) in [5, 5.41) is 9.91. The standard InChI is InChI=1S/C25H27N5O2/c1-17-7-9-19(10-8-17)24-26-25(32-28-24)20-11-14-29(15-12-20)23(31)13-16-30-22-6-4-3-5-21(22)18(2)27-30/h3-10,20H,11-16H2,1-2H3. The van der Waals surface area contributed by atoms with Crippen LogP contribution in [0, 0.1) is 13.8 Å². The zero-order valence-electron chi connectivity index (χ0n) is 18.5. The number of hydrogen-bond donors (Lipinski definition) is 0. The van der Waals surface area contributed by atoms with Gasteiger partial charge in [0.05, 0.1) is 17.8 Å². The molecule has 0 unspecified atom stereocenters. The van der Waals surface area contributed by atoms with Crippen LogP contribution in [-0.2, 0) is 11.3 Å². The van der Waals surface area contributed by atoms with Crippen LogP contribution < -0.4 is 0 Å². The SMILES string of the molecule is Cc1ccc(-c2noc(C3CCN(C(=O)CCn4nc(C)c5ccccc54)CC3)n2)cc1. The van der Waals surface area contributed by atoms with Crippen LogP contribution in [-0.4, -0.2) is 43.8 Å². The van der Waals surface area contributed by atoms with Crippen LogP contribution >= 0.6 is 0 Å². The highest BCUT2D eigenvalue weighted by Gasteiger charge is 2.27. The smallest absolute Gasteiger partial charge is 0.230 e. The molecule has 2 aromatic heterocycles. The van der Waals surface area contributed by atoms with Gasteiger partial charge in [0.25, 0.3) is 0 Å². The second-order valence-electron chi connectivity index (χ2n) is 8.55. The van der Waals surface area contributed by atoms with Crippen molar-refractivity contribution in [2.45, 2.75) is 45.6 Å². The summed E-state index contributed by atoms with van der Waals surface area (Å²) in [6, 6.07) is 16.3. The Labute approximate surface area is 187 Å². The highest BCUT2D eigenvalue weighted by molar-refractivity contribution is 5.82. The lowest BCUT2D eigenvalue weighted by Gasteiger charge is -2.30. The number of carbonyl (C=O) groups excluding carboxylic acids is 1. The van der Waals surface area contributed by atoms with Gasteiger partial charge in [-0.25, -0.2) is 0 Å². The summed E-state index contributed by atoms with van der Waals surface area (Å²) in [7, 11) is 0. The lowest BCUT2D eigenvalue weighted by Crippen LogP contribution is -2.38. The average molecular weight is 430 g/mol. The summed E-state index contributed by atoms with van der Waals surface area (Å²) in [6.45, 7) is 6.08. The number of likely N-dealkylation sites (tertiary alicyclic amines) is 1. The number of para-hydroxylation sites is 1. The van der Waals surface area contributed by atoms with E-state index in [0.717, 1.165) is 35.0 Å². The van der Waals surface area contributed by atoms with Gasteiger partial charge in [0.15, 0.2) is 0 Å². The van der Waals surface area contributed by atoms with Gasteiger partial charge in [-0.3, -0.25) is 9.48 Å². The van der Waals surface area contributed by atoms with Crippen molar-refractivity contribution in [1.82, 2.24) is 24.8 Å². The van der Waals surface area contributed by atoms with Crippen LogP contribution in [0.2, 0.25) is 0 Å². The molecule has 1 saturated heterocycles. The highest BCUT2D eigenvalue weighted by Crippen LogP contribution is 2.29. The molecule has 1 aliphatic heterocycles. The van der Waals surface area contributed by atoms with Gasteiger partial charge < -0.3 is 9.42 Å². The van der Waals surface area contributed by atoms with E-state index in [-0.39, 0.29) is 11.8 Å². The third-order valence-electron chi connectivity index (χ3n) is 6.33. The Morgan fingerprint density at radius 3 is 2.59 bits per heavy atom. The Hall–Kier alpha value is -3.48. The molecule has 0 N–H and O–H groups in total. The molecule has 0 atom stereocenters. The number of hydrogen-bond acceptors (Lipinski definition) is 5. The predicted octanol–water partition coefficient (Wildman–Crippen LogP) is 4.50. The molecule has 3 heterocycles. The maximum atomic E-state index is 12.8. The molecule has 32 heavy (non-hydrogen) atoms. The van der Waals surface area contributed by atoms with Gasteiger partial charge >= 0.3 is 0 Å². The molecule has 1 amide bonds. The van der Waals surface area contributed by atoms with Gasteiger partial charge in [0.2, 0.25) is 17.6 Å². The molecule has 0 saturated carbocycles. The van der Waals surface area contributed by atoms with Crippen LogP contribution in [0.1, 0.15) is 42.3 Å². The van der Waals surface area contributed by atoms with Crippen molar-refractivity contribution in [3.8, 4) is 11.4 Å². The number of aromatic nitrogens is 4. The van der Waals surface area contributed by atoms with Gasteiger partial charge in [-0.2, -0.15) is 10.1 Å². The number of aryl methyl sites for hydroxylation is 3. The molecular weight excluding hydrogens is 402 g/mol. The maximum absolute atomic E-state index is 12.8. The topological polar surface area (TPSA) is 77.0 Å². The lowest BCUT2D eigenvalue weighted by atomic mass is 9.96. The summed E-state index contributed by atoms with van der Waals surface area (Å²) >= 11 is 0. The summed E-state index contributed by atoms with van der Waals surface area (Å²) in [5.74, 6) is 1.67. The summed E-state index contributed by atoms with van der Waals surface area (Å²) in [5.41, 5.74) is 4.24. The van der Waals surface area contributed by atoms with Crippen molar-refractivity contribution in [2.24, 2.45) is 0 Å². The van der Waals surface area contributed by atoms with Crippen molar-refractivity contribution < 1.29 is 9.32 Å². The average Bonchev–Trinajstić information content (AvgIpc) is 3.44. The van der Waals surface area contributed by atoms with Crippen LogP contribution in [0.25, 0.3) is 22.3 Å². The van der Waals surface area contributed by atoms with E-state index in [1.54, 1.807) is 0 Å². The summed E-state index contributed by atoms with van der Waals surface area (Å²) in [4.78, 5) is 19.4. The van der Waals surface area contributed by atoms with Crippen molar-refractivity contribution >= 4 is 16.8 Å². The molecule has 4 aromatic rings. The minimum atomic E-state index is 0.173. The molecule has 0 aliphatic carbocycles. The normalized spacial score (nSPS) is 14.9. The molecule has 2 aromatic carbocycles. The number of piperidine rings is 1. The lowest BCUT2D eigenvalue weighted by molar-refractivity contribution is -0.132. The van der Waals surface area contributed by atoms with E-state index in [2.05, 4.69) is 34.3 Å². The third-order valence-corrected chi connectivity index (χ3v) is 6.33. The number of benzene rings is 2. The number of nitrogens with zero attached hydrogens (tertiary/aromatic N) is 5. The molecule has 164 valence electrons. The number of carbonyl (C=O) groups is 1. The zero-order valence-corrected chi connectivity index (χ0v) is 18.5. The van der Waals surface area contributed by atoms with E-state index < -0.39 is 0 Å². The Kier molecular flexibility index (Phi) is 5.47. The molecule has 7 nitrogen and oxygen atoms in total. The predicted molar refractivity (Wildman–Crippen MR) is 122 cm³/mol. The van der Waals surface area contributed by atoms with Gasteiger partial charge in [-0.1, -0.05) is 53.2 Å². The molecular formula is C25H27N5O2. The Bertz CT molecular complexity index is 1230. The van der Waals surface area contributed by atoms with E-state index in [4.69, 9.17) is 4.52 Å². The Morgan fingerprint density at radius 1 is 1.06 bits per heavy atom. The van der Waals surface area contributed by atoms with E-state index in [1.165, 1.54) is 5.56 Å². The molecule has 1 aliphatic rings. The van der Waals surface area contributed by atoms with E-state index in [0.29, 0.717) is 37.8 Å². The number of rotatable bonds is 5. The summed E-state index contributed by atoms with van der Waals surface area (Å²) in [6.07, 6.45) is 2.13.